The van der Waals surface area contributed by atoms with Crippen LogP contribution in [0.5, 0.6) is 5.75 Å². The lowest BCUT2D eigenvalue weighted by Crippen LogP contribution is -2.33. The van der Waals surface area contributed by atoms with Crippen LogP contribution in [0.25, 0.3) is 5.57 Å². The fourth-order valence-electron chi connectivity index (χ4n) is 2.96. The molecule has 0 saturated carbocycles. The zero-order valence-corrected chi connectivity index (χ0v) is 16.3. The molecule has 1 heterocycles. The normalized spacial score (nSPS) is 14.1. The van der Waals surface area contributed by atoms with Gasteiger partial charge < -0.3 is 10.1 Å². The molecule has 2 aromatic rings. The van der Waals surface area contributed by atoms with Crippen molar-refractivity contribution in [2.24, 2.45) is 0 Å². The van der Waals surface area contributed by atoms with Crippen LogP contribution in [0.2, 0.25) is 5.02 Å². The molecule has 1 aliphatic rings. The molecular weight excluding hydrogens is 364 g/mol. The van der Waals surface area contributed by atoms with Gasteiger partial charge in [0.25, 0.3) is 11.8 Å². The molecule has 6 heteroatoms. The van der Waals surface area contributed by atoms with Crippen molar-refractivity contribution in [3.8, 4) is 5.75 Å². The van der Waals surface area contributed by atoms with Gasteiger partial charge in [0.15, 0.2) is 0 Å². The minimum atomic E-state index is -0.329. The number of nitrogens with zero attached hydrogens (tertiary/aromatic N) is 1. The Morgan fingerprint density at radius 2 is 1.78 bits per heavy atom. The maximum Gasteiger partial charge on any atom is 0.278 e. The molecule has 2 aromatic carbocycles. The van der Waals surface area contributed by atoms with Crippen molar-refractivity contribution in [2.45, 2.75) is 20.3 Å². The first kappa shape index (κ1) is 19.0. The number of halogens is 1. The first-order valence-electron chi connectivity index (χ1n) is 8.74. The maximum atomic E-state index is 12.9. The smallest absolute Gasteiger partial charge is 0.278 e. The molecule has 0 atom stereocenters. The quantitative estimate of drug-likeness (QED) is 0.756. The average molecular weight is 385 g/mol. The minimum absolute atomic E-state index is 0.263. The van der Waals surface area contributed by atoms with Crippen molar-refractivity contribution < 1.29 is 14.3 Å². The van der Waals surface area contributed by atoms with Crippen LogP contribution in [0, 0.1) is 6.92 Å². The summed E-state index contributed by atoms with van der Waals surface area (Å²) in [5.74, 6) is 0.0541. The number of methoxy groups -OCH3 is 1. The van der Waals surface area contributed by atoms with Crippen LogP contribution in [0.4, 0.5) is 5.69 Å². The lowest BCUT2D eigenvalue weighted by molar-refractivity contribution is -0.136. The molecule has 0 fully saturated rings. The fourth-order valence-corrected chi connectivity index (χ4v) is 3.14. The van der Waals surface area contributed by atoms with Gasteiger partial charge in [0.2, 0.25) is 0 Å². The zero-order valence-electron chi connectivity index (χ0n) is 15.5. The van der Waals surface area contributed by atoms with Crippen molar-refractivity contribution >= 4 is 34.7 Å². The van der Waals surface area contributed by atoms with Gasteiger partial charge in [-0.15, -0.1) is 0 Å². The number of aryl methyl sites for hydroxylation is 1. The Balaban J connectivity index is 2.06. The third-order valence-electron chi connectivity index (χ3n) is 4.44. The van der Waals surface area contributed by atoms with Crippen LogP contribution in [0.3, 0.4) is 0 Å². The summed E-state index contributed by atoms with van der Waals surface area (Å²) in [6.07, 6.45) is 0.691. The van der Waals surface area contributed by atoms with Gasteiger partial charge in [0.05, 0.1) is 12.7 Å². The Kier molecular flexibility index (Phi) is 5.51. The monoisotopic (exact) mass is 384 g/mol. The number of hydrogen-bond donors (Lipinski definition) is 1. The lowest BCUT2D eigenvalue weighted by Gasteiger charge is -2.14. The highest BCUT2D eigenvalue weighted by molar-refractivity contribution is 6.36. The van der Waals surface area contributed by atoms with Crippen LogP contribution in [0.15, 0.2) is 48.2 Å². The van der Waals surface area contributed by atoms with E-state index in [1.807, 2.05) is 26.0 Å². The van der Waals surface area contributed by atoms with Gasteiger partial charge in [0, 0.05) is 17.3 Å². The third-order valence-corrected chi connectivity index (χ3v) is 4.84. The van der Waals surface area contributed by atoms with E-state index in [9.17, 15) is 9.59 Å². The summed E-state index contributed by atoms with van der Waals surface area (Å²) in [4.78, 5) is 27.1. The van der Waals surface area contributed by atoms with E-state index in [0.717, 1.165) is 5.56 Å². The van der Waals surface area contributed by atoms with Crippen LogP contribution in [-0.4, -0.2) is 30.4 Å². The summed E-state index contributed by atoms with van der Waals surface area (Å²) in [7, 11) is 1.58. The Hall–Kier alpha value is -2.79. The molecule has 0 aliphatic carbocycles. The van der Waals surface area contributed by atoms with E-state index in [4.69, 9.17) is 16.3 Å². The van der Waals surface area contributed by atoms with Gasteiger partial charge in [-0.25, -0.2) is 0 Å². The molecule has 0 unspecified atom stereocenters. The highest BCUT2D eigenvalue weighted by Gasteiger charge is 2.38. The number of benzene rings is 2. The van der Waals surface area contributed by atoms with Gasteiger partial charge in [-0.1, -0.05) is 36.7 Å². The Morgan fingerprint density at radius 3 is 2.37 bits per heavy atom. The molecule has 0 aromatic heterocycles. The second kappa shape index (κ2) is 7.84. The molecule has 0 spiro atoms. The highest BCUT2D eigenvalue weighted by Crippen LogP contribution is 2.32. The van der Waals surface area contributed by atoms with Crippen molar-refractivity contribution in [2.75, 3.05) is 19.0 Å². The van der Waals surface area contributed by atoms with Gasteiger partial charge in [-0.05, 0) is 48.7 Å². The largest absolute Gasteiger partial charge is 0.497 e. The summed E-state index contributed by atoms with van der Waals surface area (Å²) in [6.45, 7) is 4.21. The maximum absolute atomic E-state index is 12.9. The van der Waals surface area contributed by atoms with E-state index in [-0.39, 0.29) is 17.5 Å². The van der Waals surface area contributed by atoms with Crippen molar-refractivity contribution in [3.05, 3.63) is 64.3 Å². The molecule has 27 heavy (non-hydrogen) atoms. The number of imide groups is 1. The molecule has 0 radical (unpaired) electrons. The summed E-state index contributed by atoms with van der Waals surface area (Å²) in [6, 6.07) is 12.5. The fraction of sp³-hybridized carbons (Fsp3) is 0.238. The predicted molar refractivity (Wildman–Crippen MR) is 107 cm³/mol. The number of carbonyl (C=O) groups excluding carboxylic acids is 2. The van der Waals surface area contributed by atoms with E-state index in [1.54, 1.807) is 37.4 Å². The Bertz CT molecular complexity index is 920. The topological polar surface area (TPSA) is 58.6 Å². The van der Waals surface area contributed by atoms with Gasteiger partial charge in [-0.2, -0.15) is 0 Å². The van der Waals surface area contributed by atoms with Crippen molar-refractivity contribution in [1.29, 1.82) is 0 Å². The van der Waals surface area contributed by atoms with E-state index in [2.05, 4.69) is 5.32 Å². The molecule has 0 saturated heterocycles. The second-order valence-electron chi connectivity index (χ2n) is 6.33. The van der Waals surface area contributed by atoms with E-state index in [0.29, 0.717) is 40.6 Å². The first-order chi connectivity index (χ1) is 13.0. The standard InChI is InChI=1S/C21H21ClN2O3/c1-4-11-24-20(25)18(14-6-9-16(27-3)10-7-14)19(21(24)26)23-15-8-5-13(2)17(22)12-15/h5-10,12,23H,4,11H2,1-3H3. The van der Waals surface area contributed by atoms with Crippen LogP contribution in [0.1, 0.15) is 24.5 Å². The van der Waals surface area contributed by atoms with Crippen molar-refractivity contribution in [3.63, 3.8) is 0 Å². The minimum Gasteiger partial charge on any atom is -0.497 e. The lowest BCUT2D eigenvalue weighted by atomic mass is 10.0. The molecule has 1 aliphatic heterocycles. The SMILES string of the molecule is CCCN1C(=O)C(Nc2ccc(C)c(Cl)c2)=C(c2ccc(OC)cc2)C1=O. The van der Waals surface area contributed by atoms with Crippen LogP contribution in [-0.2, 0) is 9.59 Å². The molecule has 0 bridgehead atoms. The number of anilines is 1. The number of amides is 2. The zero-order chi connectivity index (χ0) is 19.6. The number of carbonyl (C=O) groups is 2. The van der Waals surface area contributed by atoms with Gasteiger partial charge in [-0.3, -0.25) is 14.5 Å². The molecule has 3 rings (SSSR count). The average Bonchev–Trinajstić information content (AvgIpc) is 2.89. The summed E-state index contributed by atoms with van der Waals surface area (Å²) in [5.41, 5.74) is 2.87. The van der Waals surface area contributed by atoms with Crippen LogP contribution < -0.4 is 10.1 Å². The summed E-state index contributed by atoms with van der Waals surface area (Å²) >= 11 is 6.20. The summed E-state index contributed by atoms with van der Waals surface area (Å²) in [5, 5.41) is 3.70. The molecule has 2 amide bonds. The Labute approximate surface area is 163 Å². The number of rotatable bonds is 6. The molecule has 1 N–H and O–H groups in total. The van der Waals surface area contributed by atoms with E-state index in [1.165, 1.54) is 4.90 Å². The molecule has 140 valence electrons. The molecule has 5 nitrogen and oxygen atoms in total. The third kappa shape index (κ3) is 3.69. The first-order valence-corrected chi connectivity index (χ1v) is 9.12. The summed E-state index contributed by atoms with van der Waals surface area (Å²) < 4.78 is 5.18. The predicted octanol–water partition coefficient (Wildman–Crippen LogP) is 4.26. The number of ether oxygens (including phenoxy) is 1. The Morgan fingerprint density at radius 1 is 1.07 bits per heavy atom. The van der Waals surface area contributed by atoms with Gasteiger partial charge in [0.1, 0.15) is 11.4 Å². The number of nitrogens with one attached hydrogen (secondary N) is 1. The number of hydrogen-bond acceptors (Lipinski definition) is 4. The molecular formula is C21H21ClN2O3. The van der Waals surface area contributed by atoms with Crippen molar-refractivity contribution in [1.82, 2.24) is 4.90 Å². The van der Waals surface area contributed by atoms with E-state index < -0.39 is 0 Å². The van der Waals surface area contributed by atoms with E-state index >= 15 is 0 Å². The second-order valence-corrected chi connectivity index (χ2v) is 6.74. The highest BCUT2D eigenvalue weighted by atomic mass is 35.5. The van der Waals surface area contributed by atoms with Crippen LogP contribution >= 0.6 is 11.6 Å². The van der Waals surface area contributed by atoms with Gasteiger partial charge >= 0.3 is 0 Å².